The number of hydrogen-bond donors (Lipinski definition) is 0. The van der Waals surface area contributed by atoms with Gasteiger partial charge in [-0.05, 0) is 31.0 Å². The number of nitrogens with zero attached hydrogens (tertiary/aromatic N) is 3. The molecule has 7 heteroatoms. The van der Waals surface area contributed by atoms with Crippen LogP contribution < -0.4 is 5.56 Å². The van der Waals surface area contributed by atoms with E-state index >= 15 is 0 Å². The first-order chi connectivity index (χ1) is 14.6. The summed E-state index contributed by atoms with van der Waals surface area (Å²) in [6.45, 7) is 4.23. The topological polar surface area (TPSA) is 64.4 Å². The molecule has 0 unspecified atom stereocenters. The highest BCUT2D eigenvalue weighted by Gasteiger charge is 2.16. The van der Waals surface area contributed by atoms with Crippen molar-refractivity contribution in [2.75, 3.05) is 26.0 Å². The van der Waals surface area contributed by atoms with Gasteiger partial charge in [0.25, 0.3) is 5.56 Å². The third kappa shape index (κ3) is 5.49. The fourth-order valence-corrected chi connectivity index (χ4v) is 4.15. The van der Waals surface area contributed by atoms with Gasteiger partial charge in [-0.2, -0.15) is 0 Å². The lowest BCUT2D eigenvalue weighted by molar-refractivity contribution is -0.128. The molecular formula is C23H27N3O3S. The Morgan fingerprint density at radius 2 is 1.87 bits per heavy atom. The lowest BCUT2D eigenvalue weighted by Gasteiger charge is -2.21. The summed E-state index contributed by atoms with van der Waals surface area (Å²) in [4.78, 5) is 32.3. The smallest absolute Gasteiger partial charge is 0.262 e. The van der Waals surface area contributed by atoms with E-state index in [0.29, 0.717) is 48.7 Å². The van der Waals surface area contributed by atoms with Crippen molar-refractivity contribution in [3.05, 3.63) is 70.5 Å². The number of fused-ring (bicyclic) bond motifs is 1. The van der Waals surface area contributed by atoms with Crippen molar-refractivity contribution >= 4 is 28.6 Å². The second kappa shape index (κ2) is 10.9. The molecule has 0 atom stereocenters. The van der Waals surface area contributed by atoms with Crippen molar-refractivity contribution < 1.29 is 9.53 Å². The van der Waals surface area contributed by atoms with Crippen LogP contribution in [0.5, 0.6) is 0 Å². The van der Waals surface area contributed by atoms with E-state index in [9.17, 15) is 9.59 Å². The summed E-state index contributed by atoms with van der Waals surface area (Å²) in [5, 5.41) is 1.16. The molecule has 6 nitrogen and oxygen atoms in total. The molecule has 0 bridgehead atoms. The van der Waals surface area contributed by atoms with Gasteiger partial charge < -0.3 is 9.64 Å². The van der Waals surface area contributed by atoms with E-state index in [2.05, 4.69) is 4.98 Å². The molecule has 0 radical (unpaired) electrons. The molecule has 0 saturated carbocycles. The van der Waals surface area contributed by atoms with Gasteiger partial charge >= 0.3 is 0 Å². The fraction of sp³-hybridized carbons (Fsp3) is 0.348. The average Bonchev–Trinajstić information content (AvgIpc) is 2.78. The number of benzene rings is 2. The van der Waals surface area contributed by atoms with Gasteiger partial charge in [-0.25, -0.2) is 4.98 Å². The monoisotopic (exact) mass is 425 g/mol. The van der Waals surface area contributed by atoms with E-state index in [4.69, 9.17) is 4.74 Å². The van der Waals surface area contributed by atoms with Gasteiger partial charge in [0, 0.05) is 33.4 Å². The summed E-state index contributed by atoms with van der Waals surface area (Å²) in [6, 6.07) is 17.3. The second-order valence-corrected chi connectivity index (χ2v) is 7.84. The minimum Gasteiger partial charge on any atom is -0.385 e. The van der Waals surface area contributed by atoms with Crippen molar-refractivity contribution in [2.24, 2.45) is 0 Å². The molecule has 3 aromatic rings. The van der Waals surface area contributed by atoms with Gasteiger partial charge in [-0.1, -0.05) is 54.2 Å². The van der Waals surface area contributed by atoms with Gasteiger partial charge in [0.1, 0.15) is 0 Å². The molecule has 0 fully saturated rings. The molecule has 1 heterocycles. The zero-order valence-electron chi connectivity index (χ0n) is 17.4. The number of aromatic nitrogens is 2. The fourth-order valence-electron chi connectivity index (χ4n) is 3.22. The Hall–Kier alpha value is -2.64. The maximum absolute atomic E-state index is 13.0. The van der Waals surface area contributed by atoms with Crippen LogP contribution >= 0.6 is 11.8 Å². The highest BCUT2D eigenvalue weighted by Crippen LogP contribution is 2.19. The van der Waals surface area contributed by atoms with Gasteiger partial charge in [-0.15, -0.1) is 0 Å². The number of carbonyl (C=O) groups excluding carboxylic acids is 1. The summed E-state index contributed by atoms with van der Waals surface area (Å²) >= 11 is 1.32. The first-order valence-corrected chi connectivity index (χ1v) is 11.1. The Bertz CT molecular complexity index is 1040. The van der Waals surface area contributed by atoms with Crippen molar-refractivity contribution in [3.8, 4) is 0 Å². The molecule has 0 saturated heterocycles. The van der Waals surface area contributed by atoms with Crippen LogP contribution in [0.1, 0.15) is 18.9 Å². The van der Waals surface area contributed by atoms with Crippen molar-refractivity contribution in [1.82, 2.24) is 14.5 Å². The number of thioether (sulfide) groups is 1. The maximum atomic E-state index is 13.0. The molecule has 30 heavy (non-hydrogen) atoms. The van der Waals surface area contributed by atoms with Gasteiger partial charge in [0.15, 0.2) is 5.16 Å². The van der Waals surface area contributed by atoms with Gasteiger partial charge in [-0.3, -0.25) is 14.2 Å². The van der Waals surface area contributed by atoms with Crippen LogP contribution in [0.2, 0.25) is 0 Å². The highest BCUT2D eigenvalue weighted by molar-refractivity contribution is 7.99. The van der Waals surface area contributed by atoms with E-state index in [0.717, 1.165) is 5.56 Å². The standard InChI is InChI=1S/C23H27N3O3S/c1-3-25(16-18-10-5-4-6-11-18)21(27)17-30-23-24-20-13-8-7-12-19(20)22(28)26(23)14-9-15-29-2/h4-8,10-13H,3,9,14-17H2,1-2H3. The number of para-hydroxylation sites is 1. The lowest BCUT2D eigenvalue weighted by Crippen LogP contribution is -2.32. The number of methoxy groups -OCH3 is 1. The zero-order valence-corrected chi connectivity index (χ0v) is 18.2. The normalized spacial score (nSPS) is 11.0. The molecule has 0 aliphatic rings. The van der Waals surface area contributed by atoms with E-state index < -0.39 is 0 Å². The van der Waals surface area contributed by atoms with Crippen LogP contribution in [0.25, 0.3) is 10.9 Å². The lowest BCUT2D eigenvalue weighted by atomic mass is 10.2. The Kier molecular flexibility index (Phi) is 8.04. The molecule has 0 aliphatic carbocycles. The van der Waals surface area contributed by atoms with Crippen LogP contribution in [-0.2, 0) is 22.6 Å². The number of amides is 1. The molecule has 158 valence electrons. The maximum Gasteiger partial charge on any atom is 0.262 e. The number of rotatable bonds is 10. The minimum absolute atomic E-state index is 0.0252. The molecule has 0 aliphatic heterocycles. The quantitative estimate of drug-likeness (QED) is 0.282. The van der Waals surface area contributed by atoms with Gasteiger partial charge in [0.2, 0.25) is 5.91 Å². The van der Waals surface area contributed by atoms with Crippen LogP contribution in [0.15, 0.2) is 64.5 Å². The first-order valence-electron chi connectivity index (χ1n) is 10.1. The summed E-state index contributed by atoms with van der Waals surface area (Å²) in [5.74, 6) is 0.257. The largest absolute Gasteiger partial charge is 0.385 e. The van der Waals surface area contributed by atoms with Crippen LogP contribution in [0.3, 0.4) is 0 Å². The van der Waals surface area contributed by atoms with Crippen molar-refractivity contribution in [1.29, 1.82) is 0 Å². The molecule has 2 aromatic carbocycles. The Morgan fingerprint density at radius 3 is 2.60 bits per heavy atom. The molecular weight excluding hydrogens is 398 g/mol. The van der Waals surface area contributed by atoms with Crippen molar-refractivity contribution in [2.45, 2.75) is 31.6 Å². The van der Waals surface area contributed by atoms with Crippen molar-refractivity contribution in [3.63, 3.8) is 0 Å². The van der Waals surface area contributed by atoms with E-state index in [-0.39, 0.29) is 17.2 Å². The molecule has 1 aromatic heterocycles. The third-order valence-electron chi connectivity index (χ3n) is 4.83. The number of hydrogen-bond acceptors (Lipinski definition) is 5. The molecule has 1 amide bonds. The summed E-state index contributed by atoms with van der Waals surface area (Å²) < 4.78 is 6.79. The Morgan fingerprint density at radius 1 is 1.13 bits per heavy atom. The summed E-state index contributed by atoms with van der Waals surface area (Å²) in [7, 11) is 1.64. The van der Waals surface area contributed by atoms with Gasteiger partial charge in [0.05, 0.1) is 16.7 Å². The van der Waals surface area contributed by atoms with E-state index in [1.807, 2.05) is 60.4 Å². The first kappa shape index (κ1) is 22.1. The van der Waals surface area contributed by atoms with Crippen LogP contribution in [0, 0.1) is 0 Å². The SMILES string of the molecule is CCN(Cc1ccccc1)C(=O)CSc1nc2ccccc2c(=O)n1CCCOC. The van der Waals surface area contributed by atoms with Crippen LogP contribution in [-0.4, -0.2) is 46.4 Å². The average molecular weight is 426 g/mol. The predicted molar refractivity (Wildman–Crippen MR) is 121 cm³/mol. The summed E-state index contributed by atoms with van der Waals surface area (Å²) in [5.41, 5.74) is 1.67. The Balaban J connectivity index is 1.78. The van der Waals surface area contributed by atoms with E-state index in [1.165, 1.54) is 11.8 Å². The number of carbonyl (C=O) groups is 1. The molecule has 0 N–H and O–H groups in total. The summed E-state index contributed by atoms with van der Waals surface area (Å²) in [6.07, 6.45) is 0.701. The number of ether oxygens (including phenoxy) is 1. The Labute approximate surface area is 180 Å². The second-order valence-electron chi connectivity index (χ2n) is 6.90. The predicted octanol–water partition coefficient (Wildman–Crippen LogP) is 3.57. The van der Waals surface area contributed by atoms with E-state index in [1.54, 1.807) is 17.7 Å². The zero-order chi connectivity index (χ0) is 21.3. The highest BCUT2D eigenvalue weighted by atomic mass is 32.2. The van der Waals surface area contributed by atoms with Crippen LogP contribution in [0.4, 0.5) is 0 Å². The molecule has 0 spiro atoms. The molecule has 3 rings (SSSR count). The third-order valence-corrected chi connectivity index (χ3v) is 5.79. The minimum atomic E-state index is -0.0803.